The van der Waals surface area contributed by atoms with E-state index in [2.05, 4.69) is 9.97 Å². The number of ketones is 1. The molecule has 0 saturated carbocycles. The Morgan fingerprint density at radius 1 is 1.44 bits per heavy atom. The molecule has 0 radical (unpaired) electrons. The van der Waals surface area contributed by atoms with Crippen LogP contribution in [0.2, 0.25) is 0 Å². The van der Waals surface area contributed by atoms with Crippen LogP contribution in [-0.4, -0.2) is 22.9 Å². The molecule has 82 valence electrons. The molecule has 2 aromatic heterocycles. The summed E-state index contributed by atoms with van der Waals surface area (Å²) in [5.74, 6) is 0.337. The fourth-order valence-corrected chi connectivity index (χ4v) is 1.95. The van der Waals surface area contributed by atoms with E-state index < -0.39 is 0 Å². The van der Waals surface area contributed by atoms with E-state index >= 15 is 0 Å². The van der Waals surface area contributed by atoms with E-state index in [1.807, 2.05) is 5.38 Å². The van der Waals surface area contributed by atoms with Crippen molar-refractivity contribution >= 4 is 17.1 Å². The largest absolute Gasteiger partial charge is 0.480 e. The first-order chi connectivity index (χ1) is 7.81. The number of carbonyl (C=O) groups is 1. The van der Waals surface area contributed by atoms with Crippen LogP contribution < -0.4 is 4.74 Å². The van der Waals surface area contributed by atoms with Gasteiger partial charge >= 0.3 is 0 Å². The Kier molecular flexibility index (Phi) is 3.26. The van der Waals surface area contributed by atoms with E-state index in [4.69, 9.17) is 4.74 Å². The number of carbonyl (C=O) groups excluding carboxylic acids is 1. The maximum absolute atomic E-state index is 11.9. The summed E-state index contributed by atoms with van der Waals surface area (Å²) in [7, 11) is 1.50. The van der Waals surface area contributed by atoms with Crippen molar-refractivity contribution in [3.8, 4) is 5.88 Å². The molecule has 2 rings (SSSR count). The lowest BCUT2D eigenvalue weighted by molar-refractivity contribution is 0.0989. The van der Waals surface area contributed by atoms with Crippen LogP contribution >= 0.6 is 11.3 Å². The van der Waals surface area contributed by atoms with E-state index in [0.717, 1.165) is 5.01 Å². The SMILES string of the molecule is COc1ncccc1C(=O)Cc1nccs1. The van der Waals surface area contributed by atoms with Crippen LogP contribution in [0.1, 0.15) is 15.4 Å². The van der Waals surface area contributed by atoms with Crippen molar-refractivity contribution in [2.45, 2.75) is 6.42 Å². The van der Waals surface area contributed by atoms with Crippen molar-refractivity contribution in [2.75, 3.05) is 7.11 Å². The van der Waals surface area contributed by atoms with Crippen molar-refractivity contribution < 1.29 is 9.53 Å². The van der Waals surface area contributed by atoms with Crippen molar-refractivity contribution in [2.24, 2.45) is 0 Å². The zero-order valence-electron chi connectivity index (χ0n) is 8.71. The Hall–Kier alpha value is -1.75. The average Bonchev–Trinajstić information content (AvgIpc) is 2.81. The van der Waals surface area contributed by atoms with Crippen LogP contribution in [0.3, 0.4) is 0 Å². The maximum Gasteiger partial charge on any atom is 0.224 e. The third kappa shape index (κ3) is 2.25. The lowest BCUT2D eigenvalue weighted by atomic mass is 10.1. The van der Waals surface area contributed by atoms with Gasteiger partial charge in [-0.1, -0.05) is 0 Å². The highest BCUT2D eigenvalue weighted by Gasteiger charge is 2.14. The predicted molar refractivity (Wildman–Crippen MR) is 60.9 cm³/mol. The molecule has 5 heteroatoms. The van der Waals surface area contributed by atoms with Crippen LogP contribution in [0.25, 0.3) is 0 Å². The van der Waals surface area contributed by atoms with Gasteiger partial charge in [0, 0.05) is 17.8 Å². The van der Waals surface area contributed by atoms with Gasteiger partial charge in [0.2, 0.25) is 5.88 Å². The molecule has 4 nitrogen and oxygen atoms in total. The molecule has 0 fully saturated rings. The summed E-state index contributed by atoms with van der Waals surface area (Å²) in [6.45, 7) is 0. The predicted octanol–water partition coefficient (Wildman–Crippen LogP) is 1.97. The number of pyridine rings is 1. The van der Waals surface area contributed by atoms with Crippen LogP contribution in [-0.2, 0) is 6.42 Å². The Balaban J connectivity index is 2.21. The van der Waals surface area contributed by atoms with Gasteiger partial charge in [-0.3, -0.25) is 4.79 Å². The summed E-state index contributed by atoms with van der Waals surface area (Å²) >= 11 is 1.47. The average molecular weight is 234 g/mol. The Bertz CT molecular complexity index is 482. The Morgan fingerprint density at radius 3 is 3.00 bits per heavy atom. The van der Waals surface area contributed by atoms with Crippen molar-refractivity contribution in [3.63, 3.8) is 0 Å². The first kappa shape index (κ1) is 10.8. The molecule has 2 aromatic rings. The van der Waals surface area contributed by atoms with Gasteiger partial charge in [-0.2, -0.15) is 0 Å². The molecule has 0 atom stereocenters. The van der Waals surface area contributed by atoms with E-state index in [9.17, 15) is 4.79 Å². The molecule has 0 spiro atoms. The monoisotopic (exact) mass is 234 g/mol. The molecular weight excluding hydrogens is 224 g/mol. The van der Waals surface area contributed by atoms with Crippen LogP contribution in [0.5, 0.6) is 5.88 Å². The topological polar surface area (TPSA) is 52.1 Å². The molecule has 0 unspecified atom stereocenters. The zero-order chi connectivity index (χ0) is 11.4. The molecule has 0 aliphatic carbocycles. The van der Waals surface area contributed by atoms with E-state index in [1.165, 1.54) is 18.4 Å². The molecule has 2 heterocycles. The van der Waals surface area contributed by atoms with Crippen molar-refractivity contribution in [3.05, 3.63) is 40.5 Å². The lowest BCUT2D eigenvalue weighted by Crippen LogP contribution is -2.06. The normalized spacial score (nSPS) is 10.1. The van der Waals surface area contributed by atoms with Crippen molar-refractivity contribution in [1.82, 2.24) is 9.97 Å². The van der Waals surface area contributed by atoms with Crippen LogP contribution in [0.15, 0.2) is 29.9 Å². The summed E-state index contributed by atoms with van der Waals surface area (Å²) in [6.07, 6.45) is 3.58. The number of aromatic nitrogens is 2. The smallest absolute Gasteiger partial charge is 0.224 e. The number of methoxy groups -OCH3 is 1. The highest BCUT2D eigenvalue weighted by atomic mass is 32.1. The minimum absolute atomic E-state index is 0.0279. The molecule has 16 heavy (non-hydrogen) atoms. The van der Waals surface area contributed by atoms with E-state index in [1.54, 1.807) is 24.5 Å². The number of Topliss-reactive ketones (excluding diaryl/α,β-unsaturated/α-hetero) is 1. The number of rotatable bonds is 4. The van der Waals surface area contributed by atoms with Gasteiger partial charge in [0.05, 0.1) is 19.1 Å². The molecule has 0 bridgehead atoms. The maximum atomic E-state index is 11.9. The summed E-state index contributed by atoms with van der Waals surface area (Å²) in [4.78, 5) is 20.0. The molecule has 0 amide bonds. The number of ether oxygens (including phenoxy) is 1. The summed E-state index contributed by atoms with van der Waals surface area (Å²) in [5.41, 5.74) is 0.500. The fraction of sp³-hybridized carbons (Fsp3) is 0.182. The first-order valence-corrected chi connectivity index (χ1v) is 5.60. The molecular formula is C11H10N2O2S. The first-order valence-electron chi connectivity index (χ1n) is 4.72. The quantitative estimate of drug-likeness (QED) is 0.759. The van der Waals surface area contributed by atoms with Gasteiger partial charge in [0.25, 0.3) is 0 Å². The third-order valence-corrected chi connectivity index (χ3v) is 2.84. The van der Waals surface area contributed by atoms with E-state index in [-0.39, 0.29) is 5.78 Å². The molecule has 0 N–H and O–H groups in total. The van der Waals surface area contributed by atoms with Crippen LogP contribution in [0, 0.1) is 0 Å². The number of thiazole rings is 1. The van der Waals surface area contributed by atoms with E-state index in [0.29, 0.717) is 17.9 Å². The second kappa shape index (κ2) is 4.85. The van der Waals surface area contributed by atoms with Gasteiger partial charge in [-0.15, -0.1) is 11.3 Å². The molecule has 0 saturated heterocycles. The van der Waals surface area contributed by atoms with Gasteiger partial charge < -0.3 is 4.74 Å². The van der Waals surface area contributed by atoms with Gasteiger partial charge in [0.1, 0.15) is 5.01 Å². The number of hydrogen-bond acceptors (Lipinski definition) is 5. The zero-order valence-corrected chi connectivity index (χ0v) is 9.53. The molecule has 0 aliphatic heterocycles. The van der Waals surface area contributed by atoms with Crippen LogP contribution in [0.4, 0.5) is 0 Å². The minimum atomic E-state index is -0.0279. The van der Waals surface area contributed by atoms with Crippen molar-refractivity contribution in [1.29, 1.82) is 0 Å². The second-order valence-corrected chi connectivity index (χ2v) is 4.07. The van der Waals surface area contributed by atoms with Gasteiger partial charge in [-0.05, 0) is 12.1 Å². The molecule has 0 aliphatic rings. The lowest BCUT2D eigenvalue weighted by Gasteiger charge is -2.04. The summed E-state index contributed by atoms with van der Waals surface area (Å²) < 4.78 is 5.04. The van der Waals surface area contributed by atoms with Gasteiger partial charge in [-0.25, -0.2) is 9.97 Å². The second-order valence-electron chi connectivity index (χ2n) is 3.09. The van der Waals surface area contributed by atoms with Gasteiger partial charge in [0.15, 0.2) is 5.78 Å². The number of nitrogens with zero attached hydrogens (tertiary/aromatic N) is 2. The highest BCUT2D eigenvalue weighted by molar-refractivity contribution is 7.09. The molecule has 0 aromatic carbocycles. The highest BCUT2D eigenvalue weighted by Crippen LogP contribution is 2.17. The number of hydrogen-bond donors (Lipinski definition) is 0. The Morgan fingerprint density at radius 2 is 2.31 bits per heavy atom. The summed E-state index contributed by atoms with van der Waals surface area (Å²) in [6, 6.07) is 3.43. The minimum Gasteiger partial charge on any atom is -0.480 e. The third-order valence-electron chi connectivity index (χ3n) is 2.06. The Labute approximate surface area is 96.9 Å². The fourth-order valence-electron chi connectivity index (χ4n) is 1.34. The standard InChI is InChI=1S/C11H10N2O2S/c1-15-11-8(3-2-4-13-11)9(14)7-10-12-5-6-16-10/h2-6H,7H2,1H3. The summed E-state index contributed by atoms with van der Waals surface area (Å²) in [5, 5.41) is 2.65.